The first-order valence-electron chi connectivity index (χ1n) is 6.43. The van der Waals surface area contributed by atoms with E-state index >= 15 is 0 Å². The van der Waals surface area contributed by atoms with E-state index in [0.29, 0.717) is 5.69 Å². The standard InChI is InChI=1S/C14H17N3O3/c1-8(15-12-7-13(19)17-14(12)20)10-4-3-5-11(6-10)16-9(2)18/h3-6,8,12,15H,7H2,1-2H3,(H,16,18)(H,17,19,20). The highest BCUT2D eigenvalue weighted by atomic mass is 16.2. The molecule has 0 spiro atoms. The molecule has 106 valence electrons. The molecule has 1 saturated heterocycles. The molecule has 2 unspecified atom stereocenters. The predicted octanol–water partition coefficient (Wildman–Crippen LogP) is 0.711. The third-order valence-electron chi connectivity index (χ3n) is 3.13. The molecule has 1 aliphatic rings. The lowest BCUT2D eigenvalue weighted by Crippen LogP contribution is -2.37. The van der Waals surface area contributed by atoms with Gasteiger partial charge in [-0.1, -0.05) is 12.1 Å². The lowest BCUT2D eigenvalue weighted by molar-refractivity contribution is -0.125. The molecule has 2 rings (SSSR count). The first kappa shape index (κ1) is 14.2. The molecule has 6 nitrogen and oxygen atoms in total. The minimum Gasteiger partial charge on any atom is -0.326 e. The number of carbonyl (C=O) groups excluding carboxylic acids is 3. The van der Waals surface area contributed by atoms with E-state index in [1.807, 2.05) is 25.1 Å². The number of nitrogens with one attached hydrogen (secondary N) is 3. The SMILES string of the molecule is CC(=O)Nc1cccc(C(C)NC2CC(=O)NC2=O)c1. The lowest BCUT2D eigenvalue weighted by Gasteiger charge is -2.18. The molecule has 1 heterocycles. The van der Waals surface area contributed by atoms with Gasteiger partial charge in [0.25, 0.3) is 0 Å². The number of imide groups is 1. The first-order valence-corrected chi connectivity index (χ1v) is 6.43. The fourth-order valence-electron chi connectivity index (χ4n) is 2.18. The Bertz CT molecular complexity index is 556. The first-order chi connectivity index (χ1) is 9.45. The van der Waals surface area contributed by atoms with Crippen LogP contribution in [0.15, 0.2) is 24.3 Å². The van der Waals surface area contributed by atoms with Crippen LogP contribution in [0.4, 0.5) is 5.69 Å². The van der Waals surface area contributed by atoms with Crippen LogP contribution >= 0.6 is 0 Å². The zero-order valence-corrected chi connectivity index (χ0v) is 11.4. The highest BCUT2D eigenvalue weighted by molar-refractivity contribution is 6.05. The van der Waals surface area contributed by atoms with E-state index in [1.54, 1.807) is 6.07 Å². The maximum Gasteiger partial charge on any atom is 0.244 e. The monoisotopic (exact) mass is 275 g/mol. The van der Waals surface area contributed by atoms with Crippen LogP contribution in [0.1, 0.15) is 31.9 Å². The molecule has 6 heteroatoms. The molecule has 1 aliphatic heterocycles. The summed E-state index contributed by atoms with van der Waals surface area (Å²) in [6, 6.07) is 6.76. The summed E-state index contributed by atoms with van der Waals surface area (Å²) < 4.78 is 0. The second kappa shape index (κ2) is 5.83. The van der Waals surface area contributed by atoms with Crippen LogP contribution in [0.5, 0.6) is 0 Å². The molecule has 1 fully saturated rings. The molecule has 0 saturated carbocycles. The zero-order chi connectivity index (χ0) is 14.7. The number of benzene rings is 1. The summed E-state index contributed by atoms with van der Waals surface area (Å²) in [5, 5.41) is 8.08. The summed E-state index contributed by atoms with van der Waals surface area (Å²) in [6.45, 7) is 3.35. The summed E-state index contributed by atoms with van der Waals surface area (Å²) in [4.78, 5) is 33.7. The van der Waals surface area contributed by atoms with E-state index < -0.39 is 6.04 Å². The Hall–Kier alpha value is -2.21. The second-order valence-corrected chi connectivity index (χ2v) is 4.86. The molecule has 0 aromatic heterocycles. The van der Waals surface area contributed by atoms with Crippen molar-refractivity contribution in [2.75, 3.05) is 5.32 Å². The quantitative estimate of drug-likeness (QED) is 0.706. The topological polar surface area (TPSA) is 87.3 Å². The van der Waals surface area contributed by atoms with Crippen molar-refractivity contribution >= 4 is 23.4 Å². The number of hydrogen-bond donors (Lipinski definition) is 3. The van der Waals surface area contributed by atoms with Gasteiger partial charge in [-0.25, -0.2) is 0 Å². The molecule has 2 atom stereocenters. The Kier molecular flexibility index (Phi) is 4.14. The fourth-order valence-corrected chi connectivity index (χ4v) is 2.18. The highest BCUT2D eigenvalue weighted by Crippen LogP contribution is 2.19. The molecule has 0 bridgehead atoms. The van der Waals surface area contributed by atoms with Gasteiger partial charge in [-0.05, 0) is 24.6 Å². The number of hydrogen-bond acceptors (Lipinski definition) is 4. The fraction of sp³-hybridized carbons (Fsp3) is 0.357. The third-order valence-corrected chi connectivity index (χ3v) is 3.13. The van der Waals surface area contributed by atoms with E-state index in [2.05, 4.69) is 16.0 Å². The number of amides is 3. The van der Waals surface area contributed by atoms with Gasteiger partial charge in [-0.3, -0.25) is 25.0 Å². The Labute approximate surface area is 116 Å². The molecule has 1 aromatic carbocycles. The van der Waals surface area contributed by atoms with Crippen LogP contribution in [0.2, 0.25) is 0 Å². The lowest BCUT2D eigenvalue weighted by atomic mass is 10.1. The van der Waals surface area contributed by atoms with Crippen LogP contribution in [-0.2, 0) is 14.4 Å². The van der Waals surface area contributed by atoms with Crippen LogP contribution in [0, 0.1) is 0 Å². The van der Waals surface area contributed by atoms with E-state index in [-0.39, 0.29) is 30.2 Å². The molecular formula is C14H17N3O3. The van der Waals surface area contributed by atoms with Crippen LogP contribution in [0.3, 0.4) is 0 Å². The normalized spacial score (nSPS) is 19.6. The van der Waals surface area contributed by atoms with Crippen molar-refractivity contribution in [2.24, 2.45) is 0 Å². The maximum atomic E-state index is 11.5. The molecule has 3 amide bonds. The summed E-state index contributed by atoms with van der Waals surface area (Å²) in [5.74, 6) is -0.685. The average Bonchev–Trinajstić information content (AvgIpc) is 2.67. The van der Waals surface area contributed by atoms with Gasteiger partial charge in [0.15, 0.2) is 0 Å². The summed E-state index contributed by atoms with van der Waals surface area (Å²) in [7, 11) is 0. The Morgan fingerprint density at radius 2 is 2.15 bits per heavy atom. The summed E-state index contributed by atoms with van der Waals surface area (Å²) >= 11 is 0. The zero-order valence-electron chi connectivity index (χ0n) is 11.4. The maximum absolute atomic E-state index is 11.5. The van der Waals surface area contributed by atoms with E-state index in [0.717, 1.165) is 5.56 Å². The van der Waals surface area contributed by atoms with Gasteiger partial charge in [-0.2, -0.15) is 0 Å². The van der Waals surface area contributed by atoms with Crippen LogP contribution in [-0.4, -0.2) is 23.8 Å². The summed E-state index contributed by atoms with van der Waals surface area (Å²) in [5.41, 5.74) is 1.64. The van der Waals surface area contributed by atoms with E-state index in [9.17, 15) is 14.4 Å². The van der Waals surface area contributed by atoms with Gasteiger partial charge in [0.1, 0.15) is 0 Å². The molecular weight excluding hydrogens is 258 g/mol. The smallest absolute Gasteiger partial charge is 0.244 e. The molecule has 20 heavy (non-hydrogen) atoms. The number of carbonyl (C=O) groups is 3. The largest absolute Gasteiger partial charge is 0.326 e. The van der Waals surface area contributed by atoms with E-state index in [4.69, 9.17) is 0 Å². The minimum atomic E-state index is -0.498. The summed E-state index contributed by atoms with van der Waals surface area (Å²) in [6.07, 6.45) is 0.161. The second-order valence-electron chi connectivity index (χ2n) is 4.86. The van der Waals surface area contributed by atoms with Crippen molar-refractivity contribution in [3.05, 3.63) is 29.8 Å². The van der Waals surface area contributed by atoms with Crippen molar-refractivity contribution < 1.29 is 14.4 Å². The van der Waals surface area contributed by atoms with Crippen molar-refractivity contribution in [3.8, 4) is 0 Å². The van der Waals surface area contributed by atoms with Crippen LogP contribution < -0.4 is 16.0 Å². The Morgan fingerprint density at radius 3 is 2.75 bits per heavy atom. The van der Waals surface area contributed by atoms with Crippen molar-refractivity contribution in [3.63, 3.8) is 0 Å². The van der Waals surface area contributed by atoms with Gasteiger partial charge in [0.2, 0.25) is 17.7 Å². The van der Waals surface area contributed by atoms with Crippen molar-refractivity contribution in [1.82, 2.24) is 10.6 Å². The Morgan fingerprint density at radius 1 is 1.40 bits per heavy atom. The molecule has 1 aromatic rings. The third kappa shape index (κ3) is 3.42. The minimum absolute atomic E-state index is 0.106. The van der Waals surface area contributed by atoms with Gasteiger partial charge in [0.05, 0.1) is 12.5 Å². The predicted molar refractivity (Wildman–Crippen MR) is 73.9 cm³/mol. The van der Waals surface area contributed by atoms with Crippen molar-refractivity contribution in [1.29, 1.82) is 0 Å². The van der Waals surface area contributed by atoms with Crippen molar-refractivity contribution in [2.45, 2.75) is 32.4 Å². The number of rotatable bonds is 4. The van der Waals surface area contributed by atoms with Gasteiger partial charge in [0, 0.05) is 18.7 Å². The number of anilines is 1. The highest BCUT2D eigenvalue weighted by Gasteiger charge is 2.31. The van der Waals surface area contributed by atoms with Gasteiger partial charge >= 0.3 is 0 Å². The van der Waals surface area contributed by atoms with Gasteiger partial charge < -0.3 is 5.32 Å². The van der Waals surface area contributed by atoms with Gasteiger partial charge in [-0.15, -0.1) is 0 Å². The molecule has 3 N–H and O–H groups in total. The molecule has 0 aliphatic carbocycles. The van der Waals surface area contributed by atoms with Crippen LogP contribution in [0.25, 0.3) is 0 Å². The average molecular weight is 275 g/mol. The Balaban J connectivity index is 2.05. The molecule has 0 radical (unpaired) electrons. The van der Waals surface area contributed by atoms with E-state index in [1.165, 1.54) is 6.92 Å².